The first kappa shape index (κ1) is 11.7. The van der Waals surface area contributed by atoms with E-state index >= 15 is 0 Å². The third-order valence-corrected chi connectivity index (χ3v) is 3.94. The third kappa shape index (κ3) is 3.39. The van der Waals surface area contributed by atoms with Crippen LogP contribution >= 0.6 is 11.8 Å². The van der Waals surface area contributed by atoms with Gasteiger partial charge in [0.15, 0.2) is 0 Å². The zero-order valence-electron chi connectivity index (χ0n) is 9.12. The van der Waals surface area contributed by atoms with Gasteiger partial charge in [-0.25, -0.2) is 0 Å². The van der Waals surface area contributed by atoms with Crippen LogP contribution in [-0.4, -0.2) is 11.8 Å². The van der Waals surface area contributed by atoms with Crippen molar-refractivity contribution in [3.05, 3.63) is 24.2 Å². The molecule has 0 aliphatic heterocycles. The highest BCUT2D eigenvalue weighted by Gasteiger charge is 2.23. The van der Waals surface area contributed by atoms with Crippen molar-refractivity contribution >= 4 is 11.8 Å². The Morgan fingerprint density at radius 3 is 2.64 bits per heavy atom. The molecule has 1 aromatic rings. The lowest BCUT2D eigenvalue weighted by Crippen LogP contribution is -2.30. The predicted octanol–water partition coefficient (Wildman–Crippen LogP) is 2.89. The van der Waals surface area contributed by atoms with Gasteiger partial charge < -0.3 is 10.2 Å². The molecule has 2 nitrogen and oxygen atoms in total. The average molecular weight is 213 g/mol. The lowest BCUT2D eigenvalue weighted by atomic mass is 9.92. The number of rotatable bonds is 4. The van der Waals surface area contributed by atoms with E-state index in [9.17, 15) is 0 Å². The van der Waals surface area contributed by atoms with Crippen LogP contribution in [0.1, 0.15) is 26.5 Å². The topological polar surface area (TPSA) is 39.2 Å². The number of hydrogen-bond acceptors (Lipinski definition) is 3. The minimum absolute atomic E-state index is 0.256. The van der Waals surface area contributed by atoms with Crippen molar-refractivity contribution < 1.29 is 4.42 Å². The average Bonchev–Trinajstić information content (AvgIpc) is 2.55. The second-order valence-corrected chi connectivity index (χ2v) is 5.67. The fourth-order valence-corrected chi connectivity index (χ4v) is 2.41. The summed E-state index contributed by atoms with van der Waals surface area (Å²) in [6.45, 7) is 7.38. The van der Waals surface area contributed by atoms with Gasteiger partial charge in [0.05, 0.1) is 12.0 Å². The van der Waals surface area contributed by atoms with E-state index in [1.165, 1.54) is 0 Å². The van der Waals surface area contributed by atoms with Gasteiger partial charge in [0.2, 0.25) is 0 Å². The normalized spacial score (nSPS) is 14.3. The van der Waals surface area contributed by atoms with Gasteiger partial charge in [-0.05, 0) is 17.5 Å². The molecular weight excluding hydrogens is 194 g/mol. The maximum Gasteiger partial charge on any atom is 0.113 e. The third-order valence-electron chi connectivity index (χ3n) is 2.19. The Hall–Kier alpha value is -0.410. The minimum Gasteiger partial charge on any atom is -0.468 e. The summed E-state index contributed by atoms with van der Waals surface area (Å²) in [7, 11) is 0. The number of thioether (sulfide) groups is 1. The SMILES string of the molecule is CC(C)(C)C(CN)SCc1ccco1. The Morgan fingerprint density at radius 2 is 2.21 bits per heavy atom. The van der Waals surface area contributed by atoms with Gasteiger partial charge in [-0.2, -0.15) is 0 Å². The highest BCUT2D eigenvalue weighted by atomic mass is 32.2. The molecule has 1 rings (SSSR count). The first-order valence-corrected chi connectivity index (χ1v) is 5.93. The summed E-state index contributed by atoms with van der Waals surface area (Å²) in [5.41, 5.74) is 6.00. The Labute approximate surface area is 90.2 Å². The second kappa shape index (κ2) is 4.89. The van der Waals surface area contributed by atoms with E-state index in [-0.39, 0.29) is 5.41 Å². The molecule has 0 saturated heterocycles. The summed E-state index contributed by atoms with van der Waals surface area (Å²) in [5.74, 6) is 1.93. The number of nitrogens with two attached hydrogens (primary N) is 1. The van der Waals surface area contributed by atoms with Gasteiger partial charge in [-0.15, -0.1) is 11.8 Å². The van der Waals surface area contributed by atoms with Crippen molar-refractivity contribution in [1.82, 2.24) is 0 Å². The smallest absolute Gasteiger partial charge is 0.113 e. The van der Waals surface area contributed by atoms with Crippen LogP contribution in [0.5, 0.6) is 0 Å². The van der Waals surface area contributed by atoms with E-state index in [1.807, 2.05) is 23.9 Å². The van der Waals surface area contributed by atoms with E-state index in [0.717, 1.165) is 18.1 Å². The lowest BCUT2D eigenvalue weighted by molar-refractivity contribution is 0.398. The molecule has 14 heavy (non-hydrogen) atoms. The molecule has 80 valence electrons. The van der Waals surface area contributed by atoms with E-state index in [1.54, 1.807) is 6.26 Å². The molecule has 0 aliphatic carbocycles. The molecule has 1 heterocycles. The van der Waals surface area contributed by atoms with Crippen LogP contribution in [0, 0.1) is 5.41 Å². The summed E-state index contributed by atoms with van der Waals surface area (Å²) in [6.07, 6.45) is 1.71. The van der Waals surface area contributed by atoms with E-state index in [4.69, 9.17) is 10.2 Å². The largest absolute Gasteiger partial charge is 0.468 e. The molecule has 0 bridgehead atoms. The molecule has 2 N–H and O–H groups in total. The van der Waals surface area contributed by atoms with Gasteiger partial charge in [-0.3, -0.25) is 0 Å². The van der Waals surface area contributed by atoms with E-state index in [2.05, 4.69) is 20.8 Å². The quantitative estimate of drug-likeness (QED) is 0.836. The van der Waals surface area contributed by atoms with Gasteiger partial charge in [-0.1, -0.05) is 20.8 Å². The summed E-state index contributed by atoms with van der Waals surface area (Å²) in [4.78, 5) is 0. The standard InChI is InChI=1S/C11H19NOS/c1-11(2,3)10(7-12)14-8-9-5-4-6-13-9/h4-6,10H,7-8,12H2,1-3H3. The fourth-order valence-electron chi connectivity index (χ4n) is 1.25. The molecule has 0 amide bonds. The van der Waals surface area contributed by atoms with Crippen molar-refractivity contribution in [3.63, 3.8) is 0 Å². The molecule has 0 radical (unpaired) electrons. The van der Waals surface area contributed by atoms with Crippen molar-refractivity contribution in [2.45, 2.75) is 31.8 Å². The van der Waals surface area contributed by atoms with Crippen LogP contribution in [0.25, 0.3) is 0 Å². The van der Waals surface area contributed by atoms with Crippen LogP contribution in [0.4, 0.5) is 0 Å². The molecule has 1 aromatic heterocycles. The zero-order valence-corrected chi connectivity index (χ0v) is 9.93. The zero-order chi connectivity index (χ0) is 10.6. The summed E-state index contributed by atoms with van der Waals surface area (Å²) < 4.78 is 5.28. The van der Waals surface area contributed by atoms with Crippen molar-refractivity contribution in [2.75, 3.05) is 6.54 Å². The monoisotopic (exact) mass is 213 g/mol. The predicted molar refractivity (Wildman–Crippen MR) is 62.3 cm³/mol. The van der Waals surface area contributed by atoms with Crippen LogP contribution in [-0.2, 0) is 5.75 Å². The minimum atomic E-state index is 0.256. The van der Waals surface area contributed by atoms with Gasteiger partial charge in [0.25, 0.3) is 0 Å². The van der Waals surface area contributed by atoms with Crippen molar-refractivity contribution in [2.24, 2.45) is 11.1 Å². The van der Waals surface area contributed by atoms with Crippen LogP contribution in [0.2, 0.25) is 0 Å². The molecule has 0 spiro atoms. The van der Waals surface area contributed by atoms with Crippen LogP contribution in [0.3, 0.4) is 0 Å². The Bertz CT molecular complexity index is 251. The Kier molecular flexibility index (Phi) is 4.08. The molecule has 1 unspecified atom stereocenters. The Balaban J connectivity index is 2.43. The first-order valence-electron chi connectivity index (χ1n) is 4.88. The highest BCUT2D eigenvalue weighted by Crippen LogP contribution is 2.31. The number of furan rings is 1. The highest BCUT2D eigenvalue weighted by molar-refractivity contribution is 7.99. The summed E-state index contributed by atoms with van der Waals surface area (Å²) in [6, 6.07) is 3.92. The summed E-state index contributed by atoms with van der Waals surface area (Å²) >= 11 is 1.87. The molecule has 0 aliphatic rings. The van der Waals surface area contributed by atoms with Crippen molar-refractivity contribution in [3.8, 4) is 0 Å². The lowest BCUT2D eigenvalue weighted by Gasteiger charge is -2.28. The van der Waals surface area contributed by atoms with Gasteiger partial charge in [0, 0.05) is 11.8 Å². The summed E-state index contributed by atoms with van der Waals surface area (Å²) in [5, 5.41) is 0.479. The molecule has 0 saturated carbocycles. The molecule has 1 atom stereocenters. The van der Waals surface area contributed by atoms with E-state index in [0.29, 0.717) is 5.25 Å². The molecule has 0 fully saturated rings. The van der Waals surface area contributed by atoms with Crippen LogP contribution < -0.4 is 5.73 Å². The molecule has 0 aromatic carbocycles. The Morgan fingerprint density at radius 1 is 1.50 bits per heavy atom. The van der Waals surface area contributed by atoms with Gasteiger partial charge >= 0.3 is 0 Å². The maximum atomic E-state index is 5.75. The molecular formula is C11H19NOS. The van der Waals surface area contributed by atoms with Crippen molar-refractivity contribution in [1.29, 1.82) is 0 Å². The second-order valence-electron chi connectivity index (χ2n) is 4.48. The first-order chi connectivity index (χ1) is 6.54. The maximum absolute atomic E-state index is 5.75. The van der Waals surface area contributed by atoms with E-state index < -0.39 is 0 Å². The number of hydrogen-bond donors (Lipinski definition) is 1. The van der Waals surface area contributed by atoms with Crippen LogP contribution in [0.15, 0.2) is 22.8 Å². The fraction of sp³-hybridized carbons (Fsp3) is 0.636. The van der Waals surface area contributed by atoms with Gasteiger partial charge in [0.1, 0.15) is 5.76 Å². The molecule has 3 heteroatoms.